The van der Waals surface area contributed by atoms with Gasteiger partial charge in [0.25, 0.3) is 0 Å². The van der Waals surface area contributed by atoms with Crippen molar-refractivity contribution in [2.45, 2.75) is 39.0 Å². The van der Waals surface area contributed by atoms with E-state index in [0.717, 1.165) is 5.56 Å². The van der Waals surface area contributed by atoms with Gasteiger partial charge in [0.15, 0.2) is 17.3 Å². The zero-order valence-corrected chi connectivity index (χ0v) is 21.6. The fourth-order valence-electron chi connectivity index (χ4n) is 3.86. The molecule has 0 aliphatic rings. The molecule has 0 aliphatic carbocycles. The predicted molar refractivity (Wildman–Crippen MR) is 140 cm³/mol. The van der Waals surface area contributed by atoms with Crippen molar-refractivity contribution in [1.82, 2.24) is 0 Å². The third-order valence-electron chi connectivity index (χ3n) is 6.26. The molecule has 0 aliphatic heterocycles. The van der Waals surface area contributed by atoms with Gasteiger partial charge in [-0.25, -0.2) is 0 Å². The Labute approximate surface area is 207 Å². The molecular formula is C29H35NO5. The average molecular weight is 478 g/mol. The Morgan fingerprint density at radius 2 is 1.51 bits per heavy atom. The van der Waals surface area contributed by atoms with E-state index in [1.54, 1.807) is 20.3 Å². The van der Waals surface area contributed by atoms with Crippen molar-refractivity contribution in [3.05, 3.63) is 76.9 Å². The standard InChI is InChI=1S/C29H35NO5/c1-18(2)19-8-10-20(11-9-19)28(32)24-15-27(35-7)26(31)16-25(24)30-17-29(3,4)21-12-22(33-5)14-23(13-21)34-6/h8-16,18,30-31H,17H2,1-7H3. The van der Waals surface area contributed by atoms with Gasteiger partial charge in [-0.1, -0.05) is 52.0 Å². The maximum atomic E-state index is 13.5. The van der Waals surface area contributed by atoms with E-state index in [1.165, 1.54) is 18.7 Å². The Morgan fingerprint density at radius 3 is 2.03 bits per heavy atom. The van der Waals surface area contributed by atoms with Crippen molar-refractivity contribution in [3.8, 4) is 23.0 Å². The van der Waals surface area contributed by atoms with E-state index in [4.69, 9.17) is 14.2 Å². The summed E-state index contributed by atoms with van der Waals surface area (Å²) in [5.41, 5.74) is 3.35. The fourth-order valence-corrected chi connectivity index (χ4v) is 3.86. The molecule has 0 bridgehead atoms. The molecule has 0 fully saturated rings. The number of anilines is 1. The molecule has 6 nitrogen and oxygen atoms in total. The summed E-state index contributed by atoms with van der Waals surface area (Å²) < 4.78 is 16.1. The molecule has 0 amide bonds. The van der Waals surface area contributed by atoms with Gasteiger partial charge < -0.3 is 24.6 Å². The Hall–Kier alpha value is -3.67. The number of rotatable bonds is 10. The summed E-state index contributed by atoms with van der Waals surface area (Å²) in [5, 5.41) is 13.8. The molecule has 0 saturated carbocycles. The lowest BCUT2D eigenvalue weighted by Crippen LogP contribution is -2.28. The summed E-state index contributed by atoms with van der Waals surface area (Å²) in [4.78, 5) is 13.5. The molecule has 0 heterocycles. The first kappa shape index (κ1) is 25.9. The lowest BCUT2D eigenvalue weighted by molar-refractivity contribution is 0.103. The predicted octanol–water partition coefficient (Wildman–Crippen LogP) is 6.16. The summed E-state index contributed by atoms with van der Waals surface area (Å²) in [7, 11) is 4.71. The quantitative estimate of drug-likeness (QED) is 0.341. The van der Waals surface area contributed by atoms with Gasteiger partial charge >= 0.3 is 0 Å². The number of aromatic hydroxyl groups is 1. The second kappa shape index (κ2) is 10.7. The Kier molecular flexibility index (Phi) is 7.95. The van der Waals surface area contributed by atoms with Crippen LogP contribution in [0.25, 0.3) is 0 Å². The van der Waals surface area contributed by atoms with Gasteiger partial charge in [0.2, 0.25) is 0 Å². The maximum absolute atomic E-state index is 13.5. The smallest absolute Gasteiger partial charge is 0.195 e. The molecule has 3 aromatic rings. The van der Waals surface area contributed by atoms with E-state index in [1.807, 2.05) is 42.5 Å². The Balaban J connectivity index is 1.94. The Bertz CT molecular complexity index is 1160. The van der Waals surface area contributed by atoms with E-state index in [9.17, 15) is 9.90 Å². The number of ether oxygens (including phenoxy) is 3. The molecule has 0 saturated heterocycles. The molecule has 3 rings (SSSR count). The highest BCUT2D eigenvalue weighted by molar-refractivity contribution is 6.12. The van der Waals surface area contributed by atoms with Gasteiger partial charge in [0.1, 0.15) is 11.5 Å². The number of phenols is 1. The molecule has 0 aromatic heterocycles. The van der Waals surface area contributed by atoms with Gasteiger partial charge in [-0.2, -0.15) is 0 Å². The third kappa shape index (κ3) is 5.88. The molecule has 35 heavy (non-hydrogen) atoms. The zero-order valence-electron chi connectivity index (χ0n) is 21.6. The molecule has 186 valence electrons. The number of methoxy groups -OCH3 is 3. The lowest BCUT2D eigenvalue weighted by Gasteiger charge is -2.28. The Morgan fingerprint density at radius 1 is 0.914 bits per heavy atom. The van der Waals surface area contributed by atoms with Crippen LogP contribution in [-0.2, 0) is 5.41 Å². The minimum absolute atomic E-state index is 0.0393. The van der Waals surface area contributed by atoms with Crippen LogP contribution in [0, 0.1) is 0 Å². The van der Waals surface area contributed by atoms with Crippen LogP contribution in [0.1, 0.15) is 60.7 Å². The average Bonchev–Trinajstić information content (AvgIpc) is 2.86. The second-order valence-electron chi connectivity index (χ2n) is 9.51. The van der Waals surface area contributed by atoms with Crippen LogP contribution in [0.4, 0.5) is 5.69 Å². The van der Waals surface area contributed by atoms with Crippen LogP contribution in [0.15, 0.2) is 54.6 Å². The van der Waals surface area contributed by atoms with Gasteiger partial charge in [-0.15, -0.1) is 0 Å². The van der Waals surface area contributed by atoms with Crippen LogP contribution >= 0.6 is 0 Å². The van der Waals surface area contributed by atoms with Gasteiger partial charge in [-0.3, -0.25) is 4.79 Å². The van der Waals surface area contributed by atoms with Gasteiger partial charge in [-0.05, 0) is 35.2 Å². The summed E-state index contributed by atoms with van der Waals surface area (Å²) in [6.07, 6.45) is 0. The summed E-state index contributed by atoms with van der Waals surface area (Å²) in [5.74, 6) is 1.84. The fraction of sp³-hybridized carbons (Fsp3) is 0.345. The van der Waals surface area contributed by atoms with Crippen molar-refractivity contribution in [3.63, 3.8) is 0 Å². The highest BCUT2D eigenvalue weighted by Crippen LogP contribution is 2.36. The summed E-state index contributed by atoms with van der Waals surface area (Å²) in [6.45, 7) is 8.89. The first-order valence-electron chi connectivity index (χ1n) is 11.6. The number of phenolic OH excluding ortho intramolecular Hbond substituents is 1. The zero-order chi connectivity index (χ0) is 25.8. The van der Waals surface area contributed by atoms with E-state index in [-0.39, 0.29) is 22.7 Å². The van der Waals surface area contributed by atoms with Crippen LogP contribution in [0.2, 0.25) is 0 Å². The molecule has 0 radical (unpaired) electrons. The highest BCUT2D eigenvalue weighted by Gasteiger charge is 2.25. The number of hydrogen-bond donors (Lipinski definition) is 2. The van der Waals surface area contributed by atoms with Crippen molar-refractivity contribution in [2.75, 3.05) is 33.2 Å². The van der Waals surface area contributed by atoms with Crippen LogP contribution < -0.4 is 19.5 Å². The third-order valence-corrected chi connectivity index (χ3v) is 6.26. The number of ketones is 1. The summed E-state index contributed by atoms with van der Waals surface area (Å²) >= 11 is 0. The number of hydrogen-bond acceptors (Lipinski definition) is 6. The number of nitrogens with one attached hydrogen (secondary N) is 1. The minimum Gasteiger partial charge on any atom is -0.504 e. The number of benzene rings is 3. The number of carbonyl (C=O) groups excluding carboxylic acids is 1. The molecule has 3 aromatic carbocycles. The largest absolute Gasteiger partial charge is 0.504 e. The molecule has 6 heteroatoms. The first-order valence-corrected chi connectivity index (χ1v) is 11.6. The van der Waals surface area contributed by atoms with Gasteiger partial charge in [0, 0.05) is 40.9 Å². The van der Waals surface area contributed by atoms with E-state index in [2.05, 4.69) is 33.0 Å². The molecule has 2 N–H and O–H groups in total. The monoisotopic (exact) mass is 477 g/mol. The maximum Gasteiger partial charge on any atom is 0.195 e. The highest BCUT2D eigenvalue weighted by atomic mass is 16.5. The van der Waals surface area contributed by atoms with E-state index >= 15 is 0 Å². The second-order valence-corrected chi connectivity index (χ2v) is 9.51. The first-order chi connectivity index (χ1) is 16.6. The SMILES string of the molecule is COc1cc(OC)cc(C(C)(C)CNc2cc(O)c(OC)cc2C(=O)c2ccc(C(C)C)cc2)c1. The van der Waals surface area contributed by atoms with Crippen molar-refractivity contribution in [1.29, 1.82) is 0 Å². The minimum atomic E-state index is -0.351. The molecule has 0 unspecified atom stereocenters. The van der Waals surface area contributed by atoms with E-state index in [0.29, 0.717) is 40.8 Å². The van der Waals surface area contributed by atoms with Crippen molar-refractivity contribution < 1.29 is 24.1 Å². The molecule has 0 spiro atoms. The lowest BCUT2D eigenvalue weighted by atomic mass is 9.84. The molecular weight excluding hydrogens is 442 g/mol. The summed E-state index contributed by atoms with van der Waals surface area (Å²) in [6, 6.07) is 16.5. The van der Waals surface area contributed by atoms with Crippen molar-refractivity contribution >= 4 is 11.5 Å². The van der Waals surface area contributed by atoms with E-state index < -0.39 is 0 Å². The number of carbonyl (C=O) groups is 1. The topological polar surface area (TPSA) is 77.0 Å². The van der Waals surface area contributed by atoms with Crippen LogP contribution in [0.3, 0.4) is 0 Å². The van der Waals surface area contributed by atoms with Crippen LogP contribution in [-0.4, -0.2) is 38.8 Å². The molecule has 0 atom stereocenters. The van der Waals surface area contributed by atoms with Crippen LogP contribution in [0.5, 0.6) is 23.0 Å². The van der Waals surface area contributed by atoms with Gasteiger partial charge in [0.05, 0.1) is 21.3 Å². The van der Waals surface area contributed by atoms with Crippen molar-refractivity contribution in [2.24, 2.45) is 0 Å². The normalized spacial score (nSPS) is 11.3.